The summed E-state index contributed by atoms with van der Waals surface area (Å²) in [5.41, 5.74) is 0.185. The Morgan fingerprint density at radius 2 is 1.86 bits per heavy atom. The van der Waals surface area contributed by atoms with Crippen molar-refractivity contribution in [3.63, 3.8) is 0 Å². The summed E-state index contributed by atoms with van der Waals surface area (Å²) in [7, 11) is 0. The van der Waals surface area contributed by atoms with Crippen molar-refractivity contribution in [1.29, 1.82) is 0 Å². The van der Waals surface area contributed by atoms with Crippen molar-refractivity contribution in [2.24, 2.45) is 0 Å². The number of aromatic nitrogens is 2. The fraction of sp³-hybridized carbons (Fsp3) is 0.300. The lowest BCUT2D eigenvalue weighted by atomic mass is 10.0. The predicted octanol–water partition coefficient (Wildman–Crippen LogP) is 2.65. The molecule has 2 aromatic heterocycles. The molecule has 146 valence electrons. The Morgan fingerprint density at radius 3 is 2.43 bits per heavy atom. The molecule has 0 aliphatic carbocycles. The van der Waals surface area contributed by atoms with E-state index in [1.54, 1.807) is 23.2 Å². The molecular formula is C20H20F2N4O2. The van der Waals surface area contributed by atoms with E-state index in [2.05, 4.69) is 16.5 Å². The molecule has 0 radical (unpaired) electrons. The predicted molar refractivity (Wildman–Crippen MR) is 100 cm³/mol. The highest BCUT2D eigenvalue weighted by Gasteiger charge is 2.27. The first kappa shape index (κ1) is 19.6. The van der Waals surface area contributed by atoms with Gasteiger partial charge < -0.3 is 9.80 Å². The van der Waals surface area contributed by atoms with Gasteiger partial charge in [-0.15, -0.1) is 0 Å². The first-order chi connectivity index (χ1) is 13.3. The summed E-state index contributed by atoms with van der Waals surface area (Å²) >= 11 is 0. The molecule has 1 amide bonds. The van der Waals surface area contributed by atoms with Crippen LogP contribution in [0, 0.1) is 0 Å². The number of alkyl halides is 2. The molecule has 8 heteroatoms. The molecule has 1 saturated heterocycles. The minimum Gasteiger partial charge on any atom is -0.352 e. The van der Waals surface area contributed by atoms with Crippen LogP contribution in [-0.2, 0) is 10.7 Å². The van der Waals surface area contributed by atoms with Gasteiger partial charge in [0.25, 0.3) is 5.92 Å². The van der Waals surface area contributed by atoms with Crippen LogP contribution in [0.1, 0.15) is 28.5 Å². The van der Waals surface area contributed by atoms with E-state index in [1.165, 1.54) is 12.1 Å². The summed E-state index contributed by atoms with van der Waals surface area (Å²) in [5, 5.41) is 0. The molecule has 28 heavy (non-hydrogen) atoms. The molecule has 0 atom stereocenters. The highest BCUT2D eigenvalue weighted by atomic mass is 19.3. The minimum atomic E-state index is -3.07. The van der Waals surface area contributed by atoms with Crippen molar-refractivity contribution in [2.45, 2.75) is 12.8 Å². The average molecular weight is 386 g/mol. The van der Waals surface area contributed by atoms with Gasteiger partial charge in [0.1, 0.15) is 11.5 Å². The number of hydrogen-bond donors (Lipinski definition) is 0. The number of halogens is 2. The molecule has 0 bridgehead atoms. The van der Waals surface area contributed by atoms with Gasteiger partial charge in [-0.2, -0.15) is 8.78 Å². The van der Waals surface area contributed by atoms with E-state index < -0.39 is 11.6 Å². The van der Waals surface area contributed by atoms with Gasteiger partial charge in [-0.3, -0.25) is 14.6 Å². The number of hydrogen-bond acceptors (Lipinski definition) is 5. The van der Waals surface area contributed by atoms with Crippen molar-refractivity contribution in [3.8, 4) is 0 Å². The number of carbonyl (C=O) groups excluding carboxylic acids is 2. The Bertz CT molecular complexity index is 886. The van der Waals surface area contributed by atoms with Crippen molar-refractivity contribution in [1.82, 2.24) is 14.9 Å². The number of piperazine rings is 1. The Balaban J connectivity index is 1.82. The summed E-state index contributed by atoms with van der Waals surface area (Å²) in [6, 6.07) is 5.80. The highest BCUT2D eigenvalue weighted by molar-refractivity contribution is 6.11. The summed E-state index contributed by atoms with van der Waals surface area (Å²) < 4.78 is 26.7. The van der Waals surface area contributed by atoms with Gasteiger partial charge in [0, 0.05) is 51.1 Å². The summed E-state index contributed by atoms with van der Waals surface area (Å²) in [6.07, 6.45) is 4.03. The van der Waals surface area contributed by atoms with Crippen molar-refractivity contribution < 1.29 is 18.4 Å². The number of rotatable bonds is 5. The maximum atomic E-state index is 13.3. The average Bonchev–Trinajstić information content (AvgIpc) is 2.72. The molecule has 1 fully saturated rings. The van der Waals surface area contributed by atoms with Gasteiger partial charge in [-0.05, 0) is 30.3 Å². The lowest BCUT2D eigenvalue weighted by Crippen LogP contribution is -2.48. The normalized spacial score (nSPS) is 14.7. The van der Waals surface area contributed by atoms with Gasteiger partial charge in [0.15, 0.2) is 5.78 Å². The Hall–Kier alpha value is -3.16. The lowest BCUT2D eigenvalue weighted by Gasteiger charge is -2.35. The quantitative estimate of drug-likeness (QED) is 0.584. The number of carbonyl (C=O) groups is 2. The zero-order chi connectivity index (χ0) is 20.3. The highest BCUT2D eigenvalue weighted by Crippen LogP contribution is 2.26. The third-order valence-corrected chi connectivity index (χ3v) is 4.57. The van der Waals surface area contributed by atoms with Crippen LogP contribution in [0.4, 0.5) is 14.6 Å². The summed E-state index contributed by atoms with van der Waals surface area (Å²) in [5.74, 6) is -3.03. The van der Waals surface area contributed by atoms with Crippen molar-refractivity contribution in [3.05, 3.63) is 66.1 Å². The summed E-state index contributed by atoms with van der Waals surface area (Å²) in [4.78, 5) is 36.3. The lowest BCUT2D eigenvalue weighted by molar-refractivity contribution is -0.126. The fourth-order valence-corrected chi connectivity index (χ4v) is 3.04. The Labute approximate surface area is 161 Å². The maximum absolute atomic E-state index is 13.3. The van der Waals surface area contributed by atoms with E-state index >= 15 is 0 Å². The third-order valence-electron chi connectivity index (χ3n) is 4.57. The molecule has 0 N–H and O–H groups in total. The zero-order valence-corrected chi connectivity index (χ0v) is 15.4. The minimum absolute atomic E-state index is 0.129. The van der Waals surface area contributed by atoms with Gasteiger partial charge in [0.2, 0.25) is 5.91 Å². The smallest absolute Gasteiger partial charge is 0.286 e. The molecule has 3 heterocycles. The number of nitrogens with zero attached hydrogens (tertiary/aromatic N) is 4. The SMILES string of the molecule is C=CC(=O)N1CCN(c2ncccc2C(=O)c2ccc(C(C)(F)F)nc2)CC1. The zero-order valence-electron chi connectivity index (χ0n) is 15.4. The molecule has 0 aromatic carbocycles. The topological polar surface area (TPSA) is 66.4 Å². The monoisotopic (exact) mass is 386 g/mol. The molecule has 1 aliphatic rings. The molecule has 0 unspecified atom stereocenters. The number of pyridine rings is 2. The molecular weight excluding hydrogens is 366 g/mol. The fourth-order valence-electron chi connectivity index (χ4n) is 3.04. The second kappa shape index (κ2) is 7.84. The van der Waals surface area contributed by atoms with E-state index in [0.717, 1.165) is 19.2 Å². The van der Waals surface area contributed by atoms with Gasteiger partial charge in [-0.1, -0.05) is 6.58 Å². The van der Waals surface area contributed by atoms with Crippen LogP contribution >= 0.6 is 0 Å². The van der Waals surface area contributed by atoms with Crippen LogP contribution in [0.3, 0.4) is 0 Å². The van der Waals surface area contributed by atoms with Gasteiger partial charge in [-0.25, -0.2) is 4.98 Å². The Kier molecular flexibility index (Phi) is 5.48. The molecule has 1 aliphatic heterocycles. The van der Waals surface area contributed by atoms with Crippen LogP contribution in [-0.4, -0.2) is 52.7 Å². The van der Waals surface area contributed by atoms with E-state index in [4.69, 9.17) is 0 Å². The molecule has 0 spiro atoms. The van der Waals surface area contributed by atoms with Crippen LogP contribution in [0.25, 0.3) is 0 Å². The third kappa shape index (κ3) is 4.05. The first-order valence-electron chi connectivity index (χ1n) is 8.81. The number of anilines is 1. The van der Waals surface area contributed by atoms with Crippen molar-refractivity contribution in [2.75, 3.05) is 31.1 Å². The van der Waals surface area contributed by atoms with E-state index in [-0.39, 0.29) is 17.3 Å². The van der Waals surface area contributed by atoms with Gasteiger partial charge in [0.05, 0.1) is 5.56 Å². The largest absolute Gasteiger partial charge is 0.352 e. The summed E-state index contributed by atoms with van der Waals surface area (Å²) in [6.45, 7) is 6.29. The second-order valence-corrected chi connectivity index (χ2v) is 6.54. The molecule has 2 aromatic rings. The maximum Gasteiger partial charge on any atom is 0.286 e. The van der Waals surface area contributed by atoms with E-state index in [0.29, 0.717) is 37.6 Å². The number of ketones is 1. The molecule has 6 nitrogen and oxygen atoms in total. The van der Waals surface area contributed by atoms with Crippen LogP contribution in [0.5, 0.6) is 0 Å². The van der Waals surface area contributed by atoms with Crippen LogP contribution in [0.2, 0.25) is 0 Å². The van der Waals surface area contributed by atoms with Crippen molar-refractivity contribution >= 4 is 17.5 Å². The standard InChI is InChI=1S/C20H20F2N4O2/c1-3-17(27)25-9-11-26(12-10-25)19-15(5-4-8-23-19)18(28)14-6-7-16(24-13-14)20(2,21)22/h3-8,13H,1,9-12H2,2H3. The van der Waals surface area contributed by atoms with Crippen LogP contribution < -0.4 is 4.90 Å². The van der Waals surface area contributed by atoms with Crippen LogP contribution in [0.15, 0.2) is 49.3 Å². The van der Waals surface area contributed by atoms with E-state index in [9.17, 15) is 18.4 Å². The molecule has 0 saturated carbocycles. The number of amides is 1. The first-order valence-corrected chi connectivity index (χ1v) is 8.81. The Morgan fingerprint density at radius 1 is 1.14 bits per heavy atom. The molecule has 3 rings (SSSR count). The van der Waals surface area contributed by atoms with E-state index in [1.807, 2.05) is 4.90 Å². The second-order valence-electron chi connectivity index (χ2n) is 6.54. The van der Waals surface area contributed by atoms with Gasteiger partial charge >= 0.3 is 0 Å².